The van der Waals surface area contributed by atoms with Gasteiger partial charge in [-0.05, 0) is 31.5 Å². The average Bonchev–Trinajstić information content (AvgIpc) is 2.46. The summed E-state index contributed by atoms with van der Waals surface area (Å²) in [5.74, 6) is 0. The Labute approximate surface area is 116 Å². The summed E-state index contributed by atoms with van der Waals surface area (Å²) in [6.45, 7) is 9.30. The molecule has 0 heterocycles. The van der Waals surface area contributed by atoms with Gasteiger partial charge in [0.2, 0.25) is 0 Å². The molecule has 1 rings (SSSR count). The number of nitrogens with zero attached hydrogens (tertiary/aromatic N) is 1. The monoisotopic (exact) mass is 266 g/mol. The molecule has 0 aliphatic heterocycles. The standard InChI is InChI=1S/C15H26N2O2/c1-3-18-10-8-17(9-11-19-4-2)15-7-5-6-14(12-15)13-16/h5-7,12H,3-4,8-11,13,16H2,1-2H3. The van der Waals surface area contributed by atoms with Crippen LogP contribution in [0, 0.1) is 0 Å². The van der Waals surface area contributed by atoms with E-state index in [1.54, 1.807) is 0 Å². The highest BCUT2D eigenvalue weighted by Gasteiger charge is 2.06. The van der Waals surface area contributed by atoms with E-state index < -0.39 is 0 Å². The third-order valence-electron chi connectivity index (χ3n) is 2.93. The minimum Gasteiger partial charge on any atom is -0.380 e. The zero-order valence-corrected chi connectivity index (χ0v) is 12.1. The van der Waals surface area contributed by atoms with E-state index in [-0.39, 0.29) is 0 Å². The van der Waals surface area contributed by atoms with Gasteiger partial charge in [0, 0.05) is 38.5 Å². The summed E-state index contributed by atoms with van der Waals surface area (Å²) in [5.41, 5.74) is 8.03. The van der Waals surface area contributed by atoms with Gasteiger partial charge in [0.1, 0.15) is 0 Å². The van der Waals surface area contributed by atoms with Crippen LogP contribution in [0.25, 0.3) is 0 Å². The van der Waals surface area contributed by atoms with Crippen LogP contribution < -0.4 is 10.6 Å². The zero-order valence-electron chi connectivity index (χ0n) is 12.1. The summed E-state index contributed by atoms with van der Waals surface area (Å²) >= 11 is 0. The highest BCUT2D eigenvalue weighted by Crippen LogP contribution is 2.15. The molecule has 0 aromatic heterocycles. The first-order chi connectivity index (χ1) is 9.31. The van der Waals surface area contributed by atoms with Crippen molar-refractivity contribution >= 4 is 5.69 Å². The summed E-state index contributed by atoms with van der Waals surface area (Å²) in [6.07, 6.45) is 0. The quantitative estimate of drug-likeness (QED) is 0.658. The van der Waals surface area contributed by atoms with Crippen LogP contribution in [0.2, 0.25) is 0 Å². The summed E-state index contributed by atoms with van der Waals surface area (Å²) < 4.78 is 10.9. The smallest absolute Gasteiger partial charge is 0.0641 e. The Morgan fingerprint density at radius 3 is 2.21 bits per heavy atom. The maximum Gasteiger partial charge on any atom is 0.0641 e. The lowest BCUT2D eigenvalue weighted by Crippen LogP contribution is -2.31. The van der Waals surface area contributed by atoms with Crippen LogP contribution in [0.1, 0.15) is 19.4 Å². The van der Waals surface area contributed by atoms with E-state index in [0.29, 0.717) is 6.54 Å². The van der Waals surface area contributed by atoms with Crippen LogP contribution in [0.5, 0.6) is 0 Å². The molecular formula is C15H26N2O2. The summed E-state index contributed by atoms with van der Waals surface area (Å²) in [5, 5.41) is 0. The van der Waals surface area contributed by atoms with Gasteiger partial charge >= 0.3 is 0 Å². The van der Waals surface area contributed by atoms with Crippen molar-refractivity contribution in [2.24, 2.45) is 5.73 Å². The molecule has 4 nitrogen and oxygen atoms in total. The van der Waals surface area contributed by atoms with Crippen molar-refractivity contribution in [3.05, 3.63) is 29.8 Å². The van der Waals surface area contributed by atoms with E-state index in [4.69, 9.17) is 15.2 Å². The molecule has 1 aromatic rings. The van der Waals surface area contributed by atoms with Crippen molar-refractivity contribution in [3.8, 4) is 0 Å². The zero-order chi connectivity index (χ0) is 13.9. The lowest BCUT2D eigenvalue weighted by molar-refractivity contribution is 0.141. The van der Waals surface area contributed by atoms with Gasteiger partial charge < -0.3 is 20.1 Å². The largest absolute Gasteiger partial charge is 0.380 e. The van der Waals surface area contributed by atoms with E-state index in [0.717, 1.165) is 45.1 Å². The molecule has 0 aliphatic carbocycles. The number of benzene rings is 1. The first-order valence-corrected chi connectivity index (χ1v) is 7.01. The van der Waals surface area contributed by atoms with Crippen molar-refractivity contribution in [1.82, 2.24) is 0 Å². The molecule has 0 saturated carbocycles. The Bertz CT molecular complexity index is 335. The fourth-order valence-electron chi connectivity index (χ4n) is 1.89. The molecule has 0 spiro atoms. The second-order valence-corrected chi connectivity index (χ2v) is 4.25. The summed E-state index contributed by atoms with van der Waals surface area (Å²) in [4.78, 5) is 2.28. The fraction of sp³-hybridized carbons (Fsp3) is 0.600. The average molecular weight is 266 g/mol. The first kappa shape index (κ1) is 16.0. The molecule has 0 fully saturated rings. The normalized spacial score (nSPS) is 10.7. The van der Waals surface area contributed by atoms with Crippen LogP contribution in [-0.4, -0.2) is 39.5 Å². The topological polar surface area (TPSA) is 47.7 Å². The molecule has 0 amide bonds. The second-order valence-electron chi connectivity index (χ2n) is 4.25. The Kier molecular flexibility index (Phi) is 8.21. The Morgan fingerprint density at radius 2 is 1.68 bits per heavy atom. The SMILES string of the molecule is CCOCCN(CCOCC)c1cccc(CN)c1. The number of nitrogens with two attached hydrogens (primary N) is 1. The van der Waals surface area contributed by atoms with Crippen LogP contribution in [-0.2, 0) is 16.0 Å². The molecule has 0 bridgehead atoms. The molecule has 0 radical (unpaired) electrons. The van der Waals surface area contributed by atoms with Crippen LogP contribution >= 0.6 is 0 Å². The van der Waals surface area contributed by atoms with Crippen molar-refractivity contribution in [2.45, 2.75) is 20.4 Å². The van der Waals surface area contributed by atoms with E-state index in [2.05, 4.69) is 17.0 Å². The molecule has 2 N–H and O–H groups in total. The number of anilines is 1. The molecular weight excluding hydrogens is 240 g/mol. The van der Waals surface area contributed by atoms with Crippen molar-refractivity contribution in [3.63, 3.8) is 0 Å². The van der Waals surface area contributed by atoms with Crippen LogP contribution in [0.4, 0.5) is 5.69 Å². The van der Waals surface area contributed by atoms with Gasteiger partial charge in [-0.1, -0.05) is 12.1 Å². The maximum absolute atomic E-state index is 5.69. The molecule has 19 heavy (non-hydrogen) atoms. The van der Waals surface area contributed by atoms with Crippen LogP contribution in [0.3, 0.4) is 0 Å². The van der Waals surface area contributed by atoms with Crippen molar-refractivity contribution in [1.29, 1.82) is 0 Å². The predicted octanol–water partition coefficient (Wildman–Crippen LogP) is 2.02. The summed E-state index contributed by atoms with van der Waals surface area (Å²) in [7, 11) is 0. The Balaban J connectivity index is 2.63. The maximum atomic E-state index is 5.69. The van der Waals surface area contributed by atoms with E-state index in [9.17, 15) is 0 Å². The minimum atomic E-state index is 0.568. The van der Waals surface area contributed by atoms with Gasteiger partial charge in [0.05, 0.1) is 13.2 Å². The first-order valence-electron chi connectivity index (χ1n) is 7.01. The number of rotatable bonds is 10. The van der Waals surface area contributed by atoms with Gasteiger partial charge in [0.25, 0.3) is 0 Å². The van der Waals surface area contributed by atoms with E-state index in [1.807, 2.05) is 26.0 Å². The van der Waals surface area contributed by atoms with E-state index in [1.165, 1.54) is 5.69 Å². The number of ether oxygens (including phenoxy) is 2. The fourth-order valence-corrected chi connectivity index (χ4v) is 1.89. The molecule has 108 valence electrons. The molecule has 0 atom stereocenters. The second kappa shape index (κ2) is 9.78. The molecule has 4 heteroatoms. The van der Waals surface area contributed by atoms with Gasteiger partial charge in [-0.3, -0.25) is 0 Å². The van der Waals surface area contributed by atoms with E-state index >= 15 is 0 Å². The molecule has 0 saturated heterocycles. The van der Waals surface area contributed by atoms with Crippen molar-refractivity contribution < 1.29 is 9.47 Å². The van der Waals surface area contributed by atoms with Gasteiger partial charge in [-0.25, -0.2) is 0 Å². The summed E-state index contributed by atoms with van der Waals surface area (Å²) in [6, 6.07) is 8.34. The molecule has 0 aliphatic rings. The van der Waals surface area contributed by atoms with Gasteiger partial charge in [0.15, 0.2) is 0 Å². The minimum absolute atomic E-state index is 0.568. The lowest BCUT2D eigenvalue weighted by Gasteiger charge is -2.25. The molecule has 0 unspecified atom stereocenters. The van der Waals surface area contributed by atoms with Gasteiger partial charge in [-0.2, -0.15) is 0 Å². The third-order valence-corrected chi connectivity index (χ3v) is 2.93. The lowest BCUT2D eigenvalue weighted by atomic mass is 10.2. The number of hydrogen-bond donors (Lipinski definition) is 1. The highest BCUT2D eigenvalue weighted by molar-refractivity contribution is 5.48. The number of hydrogen-bond acceptors (Lipinski definition) is 4. The third kappa shape index (κ3) is 6.05. The van der Waals surface area contributed by atoms with Gasteiger partial charge in [-0.15, -0.1) is 0 Å². The Hall–Kier alpha value is -1.10. The predicted molar refractivity (Wildman–Crippen MR) is 79.5 cm³/mol. The van der Waals surface area contributed by atoms with Crippen LogP contribution in [0.15, 0.2) is 24.3 Å². The van der Waals surface area contributed by atoms with Crippen molar-refractivity contribution in [2.75, 3.05) is 44.4 Å². The molecule has 1 aromatic carbocycles. The Morgan fingerprint density at radius 1 is 1.05 bits per heavy atom. The highest BCUT2D eigenvalue weighted by atomic mass is 16.5.